The average molecular weight is 357 g/mol. The maximum absolute atomic E-state index is 12.9. The highest BCUT2D eigenvalue weighted by atomic mass is 32.2. The van der Waals surface area contributed by atoms with E-state index in [-0.39, 0.29) is 17.4 Å². The summed E-state index contributed by atoms with van der Waals surface area (Å²) in [6.07, 6.45) is 1.57. The number of carbonyl (C=O) groups is 1. The van der Waals surface area contributed by atoms with Crippen molar-refractivity contribution in [2.75, 3.05) is 0 Å². The Labute approximate surface area is 146 Å². The van der Waals surface area contributed by atoms with Gasteiger partial charge < -0.3 is 5.32 Å². The number of benzene rings is 2. The molecule has 1 aliphatic heterocycles. The fraction of sp³-hybridized carbons (Fsp3) is 0.0588. The van der Waals surface area contributed by atoms with Gasteiger partial charge in [0.15, 0.2) is 5.17 Å². The number of nitrogens with zero attached hydrogens (tertiary/aromatic N) is 2. The quantitative estimate of drug-likeness (QED) is 0.512. The van der Waals surface area contributed by atoms with Gasteiger partial charge in [0.2, 0.25) is 0 Å². The monoisotopic (exact) mass is 357 g/mol. The summed E-state index contributed by atoms with van der Waals surface area (Å²) in [5.41, 5.74) is 1.61. The molecule has 1 aliphatic rings. The summed E-state index contributed by atoms with van der Waals surface area (Å²) >= 11 is 1.12. The second-order valence-corrected chi connectivity index (χ2v) is 6.29. The normalized spacial score (nSPS) is 17.1. The Hall–Kier alpha value is -3.00. The zero-order valence-corrected chi connectivity index (χ0v) is 13.8. The summed E-state index contributed by atoms with van der Waals surface area (Å²) in [5.74, 6) is -0.706. The molecule has 2 aromatic rings. The first-order valence-corrected chi connectivity index (χ1v) is 8.04. The van der Waals surface area contributed by atoms with Gasteiger partial charge in [-0.05, 0) is 54.6 Å². The van der Waals surface area contributed by atoms with Crippen molar-refractivity contribution in [3.63, 3.8) is 0 Å². The number of rotatable bonds is 3. The largest absolute Gasteiger partial charge is 0.300 e. The number of nitrogens with one attached hydrogen (secondary N) is 1. The van der Waals surface area contributed by atoms with E-state index < -0.39 is 4.92 Å². The standard InChI is InChI=1S/C17H12FN3O3S/c1-10-2-3-11(8-14(10)21(23)24)9-15-16(22)20-17(25-15)19-13-6-4-12(18)5-7-13/h2-9H,1H3,(H,19,20,22). The Bertz CT molecular complexity index is 923. The van der Waals surface area contributed by atoms with Crippen LogP contribution in [0.1, 0.15) is 11.1 Å². The second kappa shape index (κ2) is 6.86. The van der Waals surface area contributed by atoms with E-state index in [1.165, 1.54) is 30.3 Å². The molecule has 2 aromatic carbocycles. The van der Waals surface area contributed by atoms with Gasteiger partial charge in [0, 0.05) is 11.6 Å². The van der Waals surface area contributed by atoms with E-state index in [1.807, 2.05) is 0 Å². The molecule has 0 unspecified atom stereocenters. The van der Waals surface area contributed by atoms with Gasteiger partial charge >= 0.3 is 0 Å². The number of amidine groups is 1. The summed E-state index contributed by atoms with van der Waals surface area (Å²) in [6, 6.07) is 10.3. The number of thioether (sulfide) groups is 1. The van der Waals surface area contributed by atoms with Crippen LogP contribution < -0.4 is 5.32 Å². The minimum Gasteiger partial charge on any atom is -0.300 e. The molecule has 8 heteroatoms. The molecule has 0 aromatic heterocycles. The zero-order valence-electron chi connectivity index (χ0n) is 13.0. The molecule has 0 spiro atoms. The molecule has 0 radical (unpaired) electrons. The lowest BCUT2D eigenvalue weighted by Crippen LogP contribution is -2.19. The smallest absolute Gasteiger partial charge is 0.272 e. The molecule has 0 atom stereocenters. The van der Waals surface area contributed by atoms with Crippen molar-refractivity contribution in [1.29, 1.82) is 0 Å². The van der Waals surface area contributed by atoms with Crippen LogP contribution in [0.4, 0.5) is 15.8 Å². The Morgan fingerprint density at radius 1 is 1.24 bits per heavy atom. The van der Waals surface area contributed by atoms with Crippen LogP contribution in [0, 0.1) is 22.9 Å². The summed E-state index contributed by atoms with van der Waals surface area (Å²) < 4.78 is 12.9. The molecular formula is C17H12FN3O3S. The van der Waals surface area contributed by atoms with E-state index in [4.69, 9.17) is 0 Å². The van der Waals surface area contributed by atoms with Gasteiger partial charge in [-0.25, -0.2) is 9.38 Å². The first kappa shape index (κ1) is 16.8. The van der Waals surface area contributed by atoms with Crippen LogP contribution in [0.5, 0.6) is 0 Å². The molecule has 126 valence electrons. The number of hydrogen-bond acceptors (Lipinski definition) is 5. The highest BCUT2D eigenvalue weighted by Crippen LogP contribution is 2.29. The topological polar surface area (TPSA) is 84.6 Å². The molecule has 3 rings (SSSR count). The number of nitro benzene ring substituents is 1. The van der Waals surface area contributed by atoms with Crippen molar-refractivity contribution in [2.45, 2.75) is 6.92 Å². The number of aryl methyl sites for hydroxylation is 1. The minimum absolute atomic E-state index is 0.00189. The summed E-state index contributed by atoms with van der Waals surface area (Å²) in [4.78, 5) is 27.2. The van der Waals surface area contributed by atoms with Crippen molar-refractivity contribution < 1.29 is 14.1 Å². The molecule has 0 aliphatic carbocycles. The van der Waals surface area contributed by atoms with E-state index in [0.29, 0.717) is 26.9 Å². The van der Waals surface area contributed by atoms with Crippen molar-refractivity contribution in [2.24, 2.45) is 4.99 Å². The molecule has 1 saturated heterocycles. The van der Waals surface area contributed by atoms with E-state index >= 15 is 0 Å². The molecule has 1 amide bonds. The van der Waals surface area contributed by atoms with Crippen LogP contribution in [0.2, 0.25) is 0 Å². The summed E-state index contributed by atoms with van der Waals surface area (Å²) in [5, 5.41) is 14.0. The van der Waals surface area contributed by atoms with Gasteiger partial charge in [0.25, 0.3) is 11.6 Å². The number of carbonyl (C=O) groups excluding carboxylic acids is 1. The SMILES string of the molecule is Cc1ccc(C=C2SC(=Nc3ccc(F)cc3)NC2=O)cc1[N+](=O)[O-]. The average Bonchev–Trinajstić information content (AvgIpc) is 2.90. The number of halogens is 1. The van der Waals surface area contributed by atoms with Crippen LogP contribution in [0.3, 0.4) is 0 Å². The Balaban J connectivity index is 1.85. The Kier molecular flexibility index (Phi) is 4.62. The molecule has 25 heavy (non-hydrogen) atoms. The van der Waals surface area contributed by atoms with Gasteiger partial charge in [-0.2, -0.15) is 0 Å². The van der Waals surface area contributed by atoms with Crippen LogP contribution in [0.25, 0.3) is 6.08 Å². The van der Waals surface area contributed by atoms with Crippen LogP contribution >= 0.6 is 11.8 Å². The van der Waals surface area contributed by atoms with Crippen molar-refractivity contribution in [1.82, 2.24) is 5.32 Å². The third-order valence-electron chi connectivity index (χ3n) is 3.44. The molecule has 0 bridgehead atoms. The van der Waals surface area contributed by atoms with Crippen molar-refractivity contribution >= 4 is 40.3 Å². The van der Waals surface area contributed by atoms with Crippen LogP contribution in [-0.2, 0) is 4.79 Å². The van der Waals surface area contributed by atoms with Gasteiger partial charge in [0.05, 0.1) is 15.5 Å². The fourth-order valence-corrected chi connectivity index (χ4v) is 3.02. The number of amides is 1. The number of nitro groups is 1. The van der Waals surface area contributed by atoms with E-state index in [2.05, 4.69) is 10.3 Å². The highest BCUT2D eigenvalue weighted by molar-refractivity contribution is 8.18. The molecule has 1 heterocycles. The maximum Gasteiger partial charge on any atom is 0.272 e. The fourth-order valence-electron chi connectivity index (χ4n) is 2.18. The minimum atomic E-state index is -0.458. The molecule has 1 N–H and O–H groups in total. The molecule has 6 nitrogen and oxygen atoms in total. The first-order chi connectivity index (χ1) is 11.9. The maximum atomic E-state index is 12.9. The van der Waals surface area contributed by atoms with E-state index in [0.717, 1.165) is 11.8 Å². The predicted octanol–water partition coefficient (Wildman–Crippen LogP) is 3.93. The summed E-state index contributed by atoms with van der Waals surface area (Å²) in [6.45, 7) is 1.65. The molecule has 0 saturated carbocycles. The number of hydrogen-bond donors (Lipinski definition) is 1. The van der Waals surface area contributed by atoms with Gasteiger partial charge in [-0.15, -0.1) is 0 Å². The van der Waals surface area contributed by atoms with Gasteiger partial charge in [-0.3, -0.25) is 14.9 Å². The van der Waals surface area contributed by atoms with Crippen LogP contribution in [-0.4, -0.2) is 16.0 Å². The third-order valence-corrected chi connectivity index (χ3v) is 4.35. The first-order valence-electron chi connectivity index (χ1n) is 7.22. The van der Waals surface area contributed by atoms with Crippen molar-refractivity contribution in [3.8, 4) is 0 Å². The molecular weight excluding hydrogens is 345 g/mol. The lowest BCUT2D eigenvalue weighted by Gasteiger charge is -1.99. The number of aliphatic imine (C=N–C) groups is 1. The van der Waals surface area contributed by atoms with E-state index in [1.54, 1.807) is 25.1 Å². The lowest BCUT2D eigenvalue weighted by atomic mass is 10.1. The van der Waals surface area contributed by atoms with Gasteiger partial charge in [-0.1, -0.05) is 12.1 Å². The summed E-state index contributed by atoms with van der Waals surface area (Å²) in [7, 11) is 0. The molecule has 1 fully saturated rings. The Morgan fingerprint density at radius 3 is 2.64 bits per heavy atom. The predicted molar refractivity (Wildman–Crippen MR) is 95.0 cm³/mol. The third kappa shape index (κ3) is 3.92. The van der Waals surface area contributed by atoms with Crippen LogP contribution in [0.15, 0.2) is 52.4 Å². The van der Waals surface area contributed by atoms with E-state index in [9.17, 15) is 19.3 Å². The van der Waals surface area contributed by atoms with Crippen molar-refractivity contribution in [3.05, 3.63) is 74.4 Å². The lowest BCUT2D eigenvalue weighted by molar-refractivity contribution is -0.385. The Morgan fingerprint density at radius 2 is 1.96 bits per heavy atom. The second-order valence-electron chi connectivity index (χ2n) is 5.26. The highest BCUT2D eigenvalue weighted by Gasteiger charge is 2.24. The van der Waals surface area contributed by atoms with Gasteiger partial charge in [0.1, 0.15) is 5.82 Å². The zero-order chi connectivity index (χ0) is 18.0.